The van der Waals surface area contributed by atoms with E-state index in [0.29, 0.717) is 17.2 Å². The van der Waals surface area contributed by atoms with Crippen LogP contribution in [0.2, 0.25) is 5.02 Å². The molecule has 0 atom stereocenters. The fraction of sp³-hybridized carbons (Fsp3) is 0.0870. The molecule has 0 spiro atoms. The minimum Gasteiger partial charge on any atom is -0.488 e. The Kier molecular flexibility index (Phi) is 5.73. The van der Waals surface area contributed by atoms with Crippen LogP contribution in [0.15, 0.2) is 72.8 Å². The molecule has 0 aliphatic carbocycles. The average Bonchev–Trinajstić information content (AvgIpc) is 2.66. The highest BCUT2D eigenvalue weighted by atomic mass is 35.5. The minimum atomic E-state index is 0.415. The maximum atomic E-state index is 9.57. The van der Waals surface area contributed by atoms with Crippen molar-refractivity contribution < 1.29 is 4.74 Å². The molecule has 0 bridgehead atoms. The van der Waals surface area contributed by atoms with E-state index < -0.39 is 0 Å². The summed E-state index contributed by atoms with van der Waals surface area (Å²) in [5.74, 6) is 0.729. The van der Waals surface area contributed by atoms with Gasteiger partial charge in [-0.1, -0.05) is 71.8 Å². The molecule has 0 saturated carbocycles. The molecular formula is C23H18ClNO. The summed E-state index contributed by atoms with van der Waals surface area (Å²) in [6.45, 7) is 2.44. The van der Waals surface area contributed by atoms with Crippen LogP contribution in [0.5, 0.6) is 5.75 Å². The maximum Gasteiger partial charge on any atom is 0.127 e. The van der Waals surface area contributed by atoms with Gasteiger partial charge in [-0.15, -0.1) is 0 Å². The summed E-state index contributed by atoms with van der Waals surface area (Å²) in [4.78, 5) is 0. The standard InChI is InChI=1S/C23H18ClNO/c1-17-9-11-19(12-10-17)21(15-25)14-20-6-2-3-8-23(20)26-16-18-5-4-7-22(24)13-18/h2-14H,16H2,1H3/b21-14+. The van der Waals surface area contributed by atoms with Crippen molar-refractivity contribution in [2.24, 2.45) is 0 Å². The first-order valence-corrected chi connectivity index (χ1v) is 8.68. The fourth-order valence-corrected chi connectivity index (χ4v) is 2.80. The maximum absolute atomic E-state index is 9.57. The number of nitrogens with zero attached hydrogens (tertiary/aromatic N) is 1. The van der Waals surface area contributed by atoms with Crippen molar-refractivity contribution in [1.82, 2.24) is 0 Å². The zero-order valence-electron chi connectivity index (χ0n) is 14.4. The lowest BCUT2D eigenvalue weighted by Crippen LogP contribution is -1.97. The first-order chi connectivity index (χ1) is 12.7. The molecule has 0 aromatic heterocycles. The molecule has 3 aromatic carbocycles. The van der Waals surface area contributed by atoms with Gasteiger partial charge in [-0.3, -0.25) is 0 Å². The molecule has 0 amide bonds. The Morgan fingerprint density at radius 3 is 2.54 bits per heavy atom. The van der Waals surface area contributed by atoms with Gasteiger partial charge >= 0.3 is 0 Å². The monoisotopic (exact) mass is 359 g/mol. The lowest BCUT2D eigenvalue weighted by molar-refractivity contribution is 0.305. The van der Waals surface area contributed by atoms with Crippen LogP contribution in [0.1, 0.15) is 22.3 Å². The highest BCUT2D eigenvalue weighted by Crippen LogP contribution is 2.26. The number of hydrogen-bond acceptors (Lipinski definition) is 2. The van der Waals surface area contributed by atoms with Gasteiger partial charge in [0.15, 0.2) is 0 Å². The van der Waals surface area contributed by atoms with Gasteiger partial charge in [0, 0.05) is 10.6 Å². The van der Waals surface area contributed by atoms with Gasteiger partial charge < -0.3 is 4.74 Å². The fourth-order valence-electron chi connectivity index (χ4n) is 2.59. The molecule has 0 heterocycles. The smallest absolute Gasteiger partial charge is 0.127 e. The Labute approximate surface area is 158 Å². The van der Waals surface area contributed by atoms with Crippen LogP contribution >= 0.6 is 11.6 Å². The summed E-state index contributed by atoms with van der Waals surface area (Å²) in [5, 5.41) is 10.3. The SMILES string of the molecule is Cc1ccc(/C(C#N)=C/c2ccccc2OCc2cccc(Cl)c2)cc1. The zero-order valence-corrected chi connectivity index (χ0v) is 15.2. The Hall–Kier alpha value is -3.02. The second kappa shape index (κ2) is 8.38. The molecular weight excluding hydrogens is 342 g/mol. The predicted octanol–water partition coefficient (Wildman–Crippen LogP) is 6.29. The van der Waals surface area contributed by atoms with Crippen molar-refractivity contribution in [3.8, 4) is 11.8 Å². The number of para-hydroxylation sites is 1. The molecule has 26 heavy (non-hydrogen) atoms. The molecule has 3 rings (SSSR count). The number of allylic oxidation sites excluding steroid dienone is 1. The summed E-state index contributed by atoms with van der Waals surface area (Å²) in [6, 6.07) is 25.5. The molecule has 0 saturated heterocycles. The minimum absolute atomic E-state index is 0.415. The third kappa shape index (κ3) is 4.53. The van der Waals surface area contributed by atoms with Crippen LogP contribution in [0.3, 0.4) is 0 Å². The Morgan fingerprint density at radius 2 is 1.81 bits per heavy atom. The number of halogens is 1. The predicted molar refractivity (Wildman–Crippen MR) is 107 cm³/mol. The van der Waals surface area contributed by atoms with E-state index in [1.165, 1.54) is 0 Å². The number of ether oxygens (including phenoxy) is 1. The summed E-state index contributed by atoms with van der Waals surface area (Å²) < 4.78 is 5.97. The van der Waals surface area contributed by atoms with Gasteiger partial charge in [0.2, 0.25) is 0 Å². The van der Waals surface area contributed by atoms with Crippen LogP contribution in [0.25, 0.3) is 11.6 Å². The Balaban J connectivity index is 1.86. The van der Waals surface area contributed by atoms with Crippen LogP contribution < -0.4 is 4.74 Å². The van der Waals surface area contributed by atoms with E-state index in [1.807, 2.05) is 85.8 Å². The van der Waals surface area contributed by atoms with Crippen LogP contribution in [0.4, 0.5) is 0 Å². The highest BCUT2D eigenvalue weighted by molar-refractivity contribution is 6.30. The number of nitriles is 1. The Bertz CT molecular complexity index is 968. The molecule has 0 fully saturated rings. The van der Waals surface area contributed by atoms with Gasteiger partial charge in [-0.25, -0.2) is 0 Å². The van der Waals surface area contributed by atoms with Crippen molar-refractivity contribution in [3.05, 3.63) is 100 Å². The van der Waals surface area contributed by atoms with Crippen molar-refractivity contribution >= 4 is 23.3 Å². The number of benzene rings is 3. The first-order valence-electron chi connectivity index (χ1n) is 8.31. The van der Waals surface area contributed by atoms with Gasteiger partial charge in [0.1, 0.15) is 12.4 Å². The lowest BCUT2D eigenvalue weighted by atomic mass is 10.0. The molecule has 0 aliphatic heterocycles. The van der Waals surface area contributed by atoms with Crippen molar-refractivity contribution in [1.29, 1.82) is 5.26 Å². The average molecular weight is 360 g/mol. The molecule has 0 radical (unpaired) electrons. The summed E-state index contributed by atoms with van der Waals surface area (Å²) in [5.41, 5.74) is 4.52. The normalized spacial score (nSPS) is 11.0. The number of hydrogen-bond donors (Lipinski definition) is 0. The molecule has 128 valence electrons. The van der Waals surface area contributed by atoms with Crippen molar-refractivity contribution in [3.63, 3.8) is 0 Å². The molecule has 0 N–H and O–H groups in total. The molecule has 2 nitrogen and oxygen atoms in total. The number of rotatable bonds is 5. The molecule has 0 unspecified atom stereocenters. The van der Waals surface area contributed by atoms with Crippen LogP contribution in [-0.2, 0) is 6.61 Å². The van der Waals surface area contributed by atoms with E-state index in [0.717, 1.165) is 28.0 Å². The van der Waals surface area contributed by atoms with Gasteiger partial charge in [-0.2, -0.15) is 5.26 Å². The number of aryl methyl sites for hydroxylation is 1. The first kappa shape index (κ1) is 17.8. The van der Waals surface area contributed by atoms with Crippen LogP contribution in [0, 0.1) is 18.3 Å². The Morgan fingerprint density at radius 1 is 1.04 bits per heavy atom. The molecule has 3 aromatic rings. The third-order valence-electron chi connectivity index (χ3n) is 3.99. The summed E-state index contributed by atoms with van der Waals surface area (Å²) >= 11 is 6.02. The van der Waals surface area contributed by atoms with Gasteiger partial charge in [0.25, 0.3) is 0 Å². The van der Waals surface area contributed by atoms with Gasteiger partial charge in [-0.05, 0) is 42.3 Å². The van der Waals surface area contributed by atoms with E-state index in [9.17, 15) is 5.26 Å². The molecule has 3 heteroatoms. The largest absolute Gasteiger partial charge is 0.488 e. The summed E-state index contributed by atoms with van der Waals surface area (Å²) in [6.07, 6.45) is 1.86. The van der Waals surface area contributed by atoms with E-state index in [4.69, 9.17) is 16.3 Å². The van der Waals surface area contributed by atoms with E-state index in [1.54, 1.807) is 0 Å². The summed E-state index contributed by atoms with van der Waals surface area (Å²) in [7, 11) is 0. The van der Waals surface area contributed by atoms with Crippen molar-refractivity contribution in [2.45, 2.75) is 13.5 Å². The highest BCUT2D eigenvalue weighted by Gasteiger charge is 2.06. The van der Waals surface area contributed by atoms with E-state index in [-0.39, 0.29) is 0 Å². The van der Waals surface area contributed by atoms with E-state index >= 15 is 0 Å². The van der Waals surface area contributed by atoms with Crippen LogP contribution in [-0.4, -0.2) is 0 Å². The lowest BCUT2D eigenvalue weighted by Gasteiger charge is -2.10. The molecule has 0 aliphatic rings. The van der Waals surface area contributed by atoms with Crippen molar-refractivity contribution in [2.75, 3.05) is 0 Å². The second-order valence-corrected chi connectivity index (χ2v) is 6.43. The topological polar surface area (TPSA) is 33.0 Å². The second-order valence-electron chi connectivity index (χ2n) is 5.99. The van der Waals surface area contributed by atoms with E-state index in [2.05, 4.69) is 6.07 Å². The quantitative estimate of drug-likeness (QED) is 0.396. The third-order valence-corrected chi connectivity index (χ3v) is 4.22. The zero-order chi connectivity index (χ0) is 18.4. The van der Waals surface area contributed by atoms with Gasteiger partial charge in [0.05, 0.1) is 11.6 Å².